The lowest BCUT2D eigenvalue weighted by atomic mass is 9.96. The van der Waals surface area contributed by atoms with Crippen LogP contribution >= 0.6 is 0 Å². The van der Waals surface area contributed by atoms with Gasteiger partial charge in [-0.2, -0.15) is 0 Å². The van der Waals surface area contributed by atoms with Gasteiger partial charge in [0.25, 0.3) is 0 Å². The Morgan fingerprint density at radius 2 is 0.717 bits per heavy atom. The fourth-order valence-corrected chi connectivity index (χ4v) is 13.6. The maximum Gasteiger partial charge on any atom is 0.326 e. The Bertz CT molecular complexity index is 4590. The standard InChI is InChI=1S/C88H143N27O23/c1-17-47(12)71(85(135)112-60(28-45(8)9)84(134)115-72(51(16)116)86(136)113-65(87(137)138)29-46(10)11)114-70(122)39-97-74(124)49(14)103-75(125)50(15)104-79(129)63(32-54-35-94-41-101-54)111-83(133)64(33-66(90)118)106-68(120)37-96-73(123)48(13)102-67(119)36-98-78(128)62(31-53-34-93-40-100-53)110-82(132)59(27-44(6)7)108-80(130)57(25-42(2)3)105-69(121)38-99-77(127)61(30-52-20-22-55(117)23-21-52)109-81(131)58(26-43(4)5)107-76(126)56(89)19-18-24-95-88(91)92/h20-23,34-35,40-51,56-65,71-72,116-117H,17-19,24-33,36-39,89H2,1-16H3,(H2,90,118)(H,93,100)(H,94,101)(H,96,123)(H,97,124)(H,98,128)(H,99,127)(H,102,119)(H,103,125)(H,104,129)(H,105,121)(H,106,120)(H,107,126)(H,108,130)(H,109,131)(H,110,132)(H,111,133)(H,112,135)(H,113,136)(H,114,122)(H,115,134)(H,137,138)(H4,91,92,95)/t47-,48-,49-,50-,51+,56-,57-,58-,59-,60-,61-,62-,63-,64-,65-,71-,72-/m0/s1. The number of nitrogens with one attached hydrogen (secondary N) is 22. The number of aliphatic hydroxyl groups excluding tert-OH is 1. The number of primary amides is 1. The number of phenols is 1. The van der Waals surface area contributed by atoms with E-state index in [0.29, 0.717) is 18.4 Å². The molecule has 0 spiro atoms. The number of carboxylic acid groups (broad SMARTS) is 1. The summed E-state index contributed by atoms with van der Waals surface area (Å²) in [7, 11) is 0. The van der Waals surface area contributed by atoms with E-state index in [-0.39, 0.29) is 117 Å². The first-order valence-corrected chi connectivity index (χ1v) is 45.7. The molecule has 3 rings (SSSR count). The molecular formula is C88H143N27O23. The molecule has 0 aliphatic heterocycles. The number of nitrogens with two attached hydrogens (primary N) is 3. The van der Waals surface area contributed by atoms with Gasteiger partial charge in [-0.3, -0.25) is 96.5 Å². The molecule has 138 heavy (non-hydrogen) atoms. The van der Waals surface area contributed by atoms with E-state index in [0.717, 1.165) is 0 Å². The summed E-state index contributed by atoms with van der Waals surface area (Å²) in [5.41, 5.74) is 17.9. The average Bonchev–Trinajstić information content (AvgIpc) is 1.60. The Hall–Kier alpha value is -14.0. The van der Waals surface area contributed by atoms with Crippen molar-refractivity contribution in [1.29, 1.82) is 5.41 Å². The van der Waals surface area contributed by atoms with E-state index in [1.807, 2.05) is 13.8 Å². The first-order valence-electron chi connectivity index (χ1n) is 45.7. The number of nitrogens with zero attached hydrogens (tertiary/aromatic N) is 2. The summed E-state index contributed by atoms with van der Waals surface area (Å²) >= 11 is 0. The van der Waals surface area contributed by atoms with Crippen molar-refractivity contribution in [3.05, 3.63) is 66.3 Å². The van der Waals surface area contributed by atoms with Crippen LogP contribution in [-0.2, 0) is 115 Å². The molecule has 0 fully saturated rings. The number of aromatic nitrogens is 4. The zero-order chi connectivity index (χ0) is 104. The van der Waals surface area contributed by atoms with Gasteiger partial charge in [-0.05, 0) is 126 Å². The highest BCUT2D eigenvalue weighted by Crippen LogP contribution is 2.18. The highest BCUT2D eigenvalue weighted by molar-refractivity contribution is 6.01. The van der Waals surface area contributed by atoms with Crippen molar-refractivity contribution in [3.63, 3.8) is 0 Å². The molecule has 2 heterocycles. The van der Waals surface area contributed by atoms with E-state index in [1.165, 1.54) is 77.0 Å². The van der Waals surface area contributed by atoms with E-state index in [1.54, 1.807) is 69.2 Å². The van der Waals surface area contributed by atoms with E-state index in [2.05, 4.69) is 121 Å². The van der Waals surface area contributed by atoms with Crippen molar-refractivity contribution >= 4 is 124 Å². The van der Waals surface area contributed by atoms with Crippen LogP contribution in [-0.4, -0.2) is 289 Å². The van der Waals surface area contributed by atoms with Gasteiger partial charge in [0.1, 0.15) is 90.3 Å². The third-order valence-electron chi connectivity index (χ3n) is 21.2. The number of aromatic amines is 2. The molecule has 0 saturated heterocycles. The number of rotatable bonds is 62. The van der Waals surface area contributed by atoms with Gasteiger partial charge in [-0.15, -0.1) is 0 Å². The molecule has 50 heteroatoms. The molecule has 3 aromatic rings. The SMILES string of the molecule is CC[C@H](C)[C@H](NC(=O)CNC(=O)[C@H](C)NC(=O)[C@H](C)NC(=O)[C@H](Cc1c[nH]cn1)NC(=O)[C@H](CC(N)=O)NC(=O)CNC(=O)[C@H](C)NC(=O)CNC(=O)[C@H](Cc1c[nH]cn1)NC(=O)[C@H](CC(C)C)NC(=O)[C@H](CC(C)C)NC(=O)CNC(=O)[C@H](Cc1ccc(O)cc1)NC(=O)[C@H](CC(C)C)NC(=O)[C@@H](N)CCCNC(=N)N)C(=O)N[C@@H](CC(C)C)C(=O)N[C@H](C(=O)N[C@@H](CC(C)C)C(=O)O)[C@@H](C)O. The number of benzene rings is 1. The van der Waals surface area contributed by atoms with E-state index in [9.17, 15) is 111 Å². The van der Waals surface area contributed by atoms with Gasteiger partial charge in [-0.1, -0.05) is 102 Å². The molecule has 2 aromatic heterocycles. The van der Waals surface area contributed by atoms with E-state index in [4.69, 9.17) is 22.6 Å². The molecule has 0 unspecified atom stereocenters. The second-order valence-electron chi connectivity index (χ2n) is 36.1. The van der Waals surface area contributed by atoms with Crippen LogP contribution in [0.4, 0.5) is 0 Å². The molecule has 17 atom stereocenters. The largest absolute Gasteiger partial charge is 0.508 e. The molecule has 0 aliphatic rings. The van der Waals surface area contributed by atoms with Crippen molar-refractivity contribution in [2.45, 2.75) is 285 Å². The Balaban J connectivity index is 1.67. The van der Waals surface area contributed by atoms with Gasteiger partial charge < -0.3 is 144 Å². The monoisotopic (exact) mass is 1950 g/mol. The van der Waals surface area contributed by atoms with Crippen molar-refractivity contribution in [2.24, 2.45) is 52.7 Å². The molecule has 19 amide bonds. The lowest BCUT2D eigenvalue weighted by Gasteiger charge is -2.29. The third-order valence-corrected chi connectivity index (χ3v) is 21.2. The first-order chi connectivity index (χ1) is 64.7. The smallest absolute Gasteiger partial charge is 0.326 e. The zero-order valence-electron chi connectivity index (χ0n) is 81.0. The molecule has 0 aliphatic carbocycles. The number of hydrogen-bond acceptors (Lipinski definition) is 26. The molecule has 0 bridgehead atoms. The van der Waals surface area contributed by atoms with Crippen LogP contribution in [0, 0.1) is 40.9 Å². The molecule has 0 radical (unpaired) electrons. The number of carbonyl (C=O) groups is 20. The summed E-state index contributed by atoms with van der Waals surface area (Å²) in [5.74, 6) is -20.9. The number of aliphatic hydroxyl groups is 1. The maximum atomic E-state index is 14.4. The molecule has 1 aromatic carbocycles. The highest BCUT2D eigenvalue weighted by Gasteiger charge is 2.39. The van der Waals surface area contributed by atoms with Gasteiger partial charge in [0.15, 0.2) is 5.96 Å². The number of guanidine groups is 1. The summed E-state index contributed by atoms with van der Waals surface area (Å²) in [6.45, 7) is 22.9. The van der Waals surface area contributed by atoms with Crippen molar-refractivity contribution in [1.82, 2.24) is 121 Å². The second-order valence-corrected chi connectivity index (χ2v) is 36.1. The number of hydrogen-bond donors (Lipinski definition) is 28. The highest BCUT2D eigenvalue weighted by atomic mass is 16.4. The predicted octanol–water partition coefficient (Wildman–Crippen LogP) is -6.61. The summed E-state index contributed by atoms with van der Waals surface area (Å²) in [5, 5.41) is 84.6. The number of phenolic OH excluding ortho intramolecular Hbond substituents is 1. The van der Waals surface area contributed by atoms with Crippen LogP contribution in [0.1, 0.15) is 186 Å². The summed E-state index contributed by atoms with van der Waals surface area (Å²) in [4.78, 5) is 285. The summed E-state index contributed by atoms with van der Waals surface area (Å²) in [6.07, 6.45) is 3.23. The topological polar surface area (TPSA) is 790 Å². The molecule has 0 saturated carbocycles. The van der Waals surface area contributed by atoms with Crippen molar-refractivity contribution in [2.75, 3.05) is 32.7 Å². The lowest BCUT2D eigenvalue weighted by molar-refractivity contribution is -0.143. The Morgan fingerprint density at radius 3 is 1.14 bits per heavy atom. The van der Waals surface area contributed by atoms with Gasteiger partial charge in [0.2, 0.25) is 112 Å². The Labute approximate surface area is 800 Å². The van der Waals surface area contributed by atoms with Crippen LogP contribution in [0.25, 0.3) is 0 Å². The fraction of sp³-hybridized carbons (Fsp3) is 0.625. The number of imidazole rings is 2. The average molecular weight is 1950 g/mol. The number of carboxylic acids is 1. The third kappa shape index (κ3) is 45.1. The van der Waals surface area contributed by atoms with E-state index >= 15 is 0 Å². The van der Waals surface area contributed by atoms with Crippen molar-refractivity contribution < 1.29 is 111 Å². The minimum Gasteiger partial charge on any atom is -0.508 e. The lowest BCUT2D eigenvalue weighted by Crippen LogP contribution is -2.61. The molecule has 31 N–H and O–H groups in total. The first kappa shape index (κ1) is 118. The van der Waals surface area contributed by atoms with E-state index < -0.39 is 253 Å². The fourth-order valence-electron chi connectivity index (χ4n) is 13.6. The van der Waals surface area contributed by atoms with Gasteiger partial charge >= 0.3 is 5.97 Å². The number of aromatic hydroxyl groups is 1. The Kier molecular flexibility index (Phi) is 51.2. The van der Waals surface area contributed by atoms with Crippen LogP contribution in [0.15, 0.2) is 49.3 Å². The van der Waals surface area contributed by atoms with Gasteiger partial charge in [0.05, 0.1) is 68.8 Å². The second kappa shape index (κ2) is 59.8. The Morgan fingerprint density at radius 1 is 0.377 bits per heavy atom. The normalized spacial score (nSPS) is 14.9. The minimum atomic E-state index is -1.82. The predicted molar refractivity (Wildman–Crippen MR) is 499 cm³/mol. The summed E-state index contributed by atoms with van der Waals surface area (Å²) in [6, 6.07) is -15.3. The number of aliphatic carboxylic acids is 1. The number of amides is 19. The van der Waals surface area contributed by atoms with Gasteiger partial charge in [0, 0.05) is 38.2 Å². The summed E-state index contributed by atoms with van der Waals surface area (Å²) < 4.78 is 0. The zero-order valence-corrected chi connectivity index (χ0v) is 81.0. The number of H-pyrrole nitrogens is 2. The minimum absolute atomic E-state index is 0.0126. The van der Waals surface area contributed by atoms with Gasteiger partial charge in [-0.25, -0.2) is 14.8 Å². The van der Waals surface area contributed by atoms with Crippen LogP contribution < -0.4 is 118 Å². The number of carbonyl (C=O) groups excluding carboxylic acids is 19. The van der Waals surface area contributed by atoms with Crippen LogP contribution in [0.2, 0.25) is 0 Å². The molecule has 50 nitrogen and oxygen atoms in total. The van der Waals surface area contributed by atoms with Crippen LogP contribution in [0.5, 0.6) is 5.75 Å². The maximum absolute atomic E-state index is 14.4. The van der Waals surface area contributed by atoms with Crippen molar-refractivity contribution in [3.8, 4) is 5.75 Å². The quantitative estimate of drug-likeness (QED) is 0.0142. The molecule has 768 valence electrons. The molecular weight excluding hydrogens is 1800 g/mol. The van der Waals surface area contributed by atoms with Crippen LogP contribution in [0.3, 0.4) is 0 Å².